The van der Waals surface area contributed by atoms with Gasteiger partial charge in [0, 0.05) is 0 Å². The number of benzene rings is 1. The van der Waals surface area contributed by atoms with Crippen LogP contribution in [0, 0.1) is 11.8 Å². The van der Waals surface area contributed by atoms with Crippen LogP contribution in [0.4, 0.5) is 0 Å². The Kier molecular flexibility index (Phi) is 3.23. The van der Waals surface area contributed by atoms with Gasteiger partial charge in [0.25, 0.3) is 0 Å². The molecular weight excluding hydrogens is 268 g/mol. The van der Waals surface area contributed by atoms with Crippen LogP contribution in [-0.2, 0) is 14.3 Å². The van der Waals surface area contributed by atoms with Gasteiger partial charge in [0.1, 0.15) is 12.0 Å². The number of ether oxygens (including phenoxy) is 2. The zero-order valence-corrected chi connectivity index (χ0v) is 11.9. The Hall–Kier alpha value is -1.39. The number of epoxide rings is 1. The van der Waals surface area contributed by atoms with E-state index >= 15 is 0 Å². The van der Waals surface area contributed by atoms with E-state index in [1.807, 2.05) is 30.3 Å². The number of carbonyl (C=O) groups excluding carboxylic acids is 1. The highest BCUT2D eigenvalue weighted by Crippen LogP contribution is 2.54. The third-order valence-corrected chi connectivity index (χ3v) is 5.18. The van der Waals surface area contributed by atoms with Gasteiger partial charge in [-0.15, -0.1) is 0 Å². The second-order valence-electron chi connectivity index (χ2n) is 6.50. The number of esters is 1. The lowest BCUT2D eigenvalue weighted by atomic mass is 9.85. The molecule has 4 heteroatoms. The SMILES string of the molecule is O=C(O[C@H]1CC2C[C@@H](C1)C1OC21)C(CO)c1ccccc1. The fourth-order valence-electron chi connectivity index (χ4n) is 4.13. The maximum Gasteiger partial charge on any atom is 0.316 e. The van der Waals surface area contributed by atoms with Crippen molar-refractivity contribution in [3.63, 3.8) is 0 Å². The van der Waals surface area contributed by atoms with E-state index in [1.165, 1.54) is 6.42 Å². The second kappa shape index (κ2) is 5.11. The van der Waals surface area contributed by atoms with Crippen LogP contribution in [0.25, 0.3) is 0 Å². The maximum atomic E-state index is 12.4. The third-order valence-electron chi connectivity index (χ3n) is 5.18. The van der Waals surface area contributed by atoms with Crippen LogP contribution < -0.4 is 0 Å². The molecule has 3 aliphatic rings. The van der Waals surface area contributed by atoms with E-state index in [1.54, 1.807) is 0 Å². The molecule has 0 spiro atoms. The van der Waals surface area contributed by atoms with Crippen molar-refractivity contribution in [2.24, 2.45) is 11.8 Å². The van der Waals surface area contributed by atoms with Crippen LogP contribution in [0.2, 0.25) is 0 Å². The Bertz CT molecular complexity index is 513. The minimum absolute atomic E-state index is 0.00425. The molecule has 3 fully saturated rings. The Morgan fingerprint density at radius 2 is 1.86 bits per heavy atom. The number of hydrogen-bond acceptors (Lipinski definition) is 4. The Balaban J connectivity index is 1.41. The van der Waals surface area contributed by atoms with Crippen LogP contribution in [0.15, 0.2) is 30.3 Å². The molecular formula is C17H20O4. The van der Waals surface area contributed by atoms with Crippen molar-refractivity contribution in [3.8, 4) is 0 Å². The van der Waals surface area contributed by atoms with Crippen molar-refractivity contribution >= 4 is 5.97 Å². The van der Waals surface area contributed by atoms with E-state index < -0.39 is 5.92 Å². The molecule has 6 atom stereocenters. The molecule has 2 aliphatic carbocycles. The summed E-state index contributed by atoms with van der Waals surface area (Å²) < 4.78 is 11.3. The van der Waals surface area contributed by atoms with Crippen LogP contribution in [-0.4, -0.2) is 36.0 Å². The predicted molar refractivity (Wildman–Crippen MR) is 75.6 cm³/mol. The van der Waals surface area contributed by atoms with Gasteiger partial charge in [-0.05, 0) is 36.7 Å². The number of hydrogen-bond donors (Lipinski definition) is 1. The van der Waals surface area contributed by atoms with Crippen LogP contribution >= 0.6 is 0 Å². The smallest absolute Gasteiger partial charge is 0.316 e. The minimum atomic E-state index is -0.573. The van der Waals surface area contributed by atoms with E-state index in [2.05, 4.69) is 0 Å². The first-order valence-corrected chi connectivity index (χ1v) is 7.78. The van der Waals surface area contributed by atoms with E-state index in [0.29, 0.717) is 24.0 Å². The molecule has 2 bridgehead atoms. The predicted octanol–water partition coefficient (Wildman–Crippen LogP) is 1.87. The second-order valence-corrected chi connectivity index (χ2v) is 6.50. The van der Waals surface area contributed by atoms with Gasteiger partial charge in [-0.1, -0.05) is 30.3 Å². The van der Waals surface area contributed by atoms with Gasteiger partial charge in [-0.2, -0.15) is 0 Å². The summed E-state index contributed by atoms with van der Waals surface area (Å²) in [5, 5.41) is 9.52. The summed E-state index contributed by atoms with van der Waals surface area (Å²) in [6.45, 7) is -0.212. The summed E-state index contributed by atoms with van der Waals surface area (Å²) in [6.07, 6.45) is 3.91. The Morgan fingerprint density at radius 3 is 2.48 bits per heavy atom. The molecule has 112 valence electrons. The highest BCUT2D eigenvalue weighted by atomic mass is 16.6. The highest BCUT2D eigenvalue weighted by Gasteiger charge is 2.59. The van der Waals surface area contributed by atoms with Crippen molar-refractivity contribution < 1.29 is 19.4 Å². The fraction of sp³-hybridized carbons (Fsp3) is 0.588. The highest BCUT2D eigenvalue weighted by molar-refractivity contribution is 5.78. The zero-order chi connectivity index (χ0) is 14.4. The van der Waals surface area contributed by atoms with Crippen molar-refractivity contribution in [2.75, 3.05) is 6.61 Å². The fourth-order valence-corrected chi connectivity index (χ4v) is 4.13. The molecule has 1 N–H and O–H groups in total. The molecule has 0 aromatic heterocycles. The van der Waals surface area contributed by atoms with Crippen LogP contribution in [0.5, 0.6) is 0 Å². The summed E-state index contributed by atoms with van der Waals surface area (Å²) >= 11 is 0. The van der Waals surface area contributed by atoms with Gasteiger partial charge in [-0.3, -0.25) is 4.79 Å². The lowest BCUT2D eigenvalue weighted by molar-refractivity contribution is -0.155. The van der Waals surface area contributed by atoms with Crippen molar-refractivity contribution in [3.05, 3.63) is 35.9 Å². The molecule has 1 aromatic rings. The first kappa shape index (κ1) is 13.3. The number of fused-ring (bicyclic) bond motifs is 5. The maximum absolute atomic E-state index is 12.4. The molecule has 4 unspecified atom stereocenters. The normalized spacial score (nSPS) is 37.7. The molecule has 4 rings (SSSR count). The minimum Gasteiger partial charge on any atom is -0.462 e. The van der Waals surface area contributed by atoms with E-state index in [9.17, 15) is 9.90 Å². The number of aliphatic hydroxyl groups is 1. The summed E-state index contributed by atoms with van der Waals surface area (Å²) in [5.41, 5.74) is 0.815. The van der Waals surface area contributed by atoms with Gasteiger partial charge >= 0.3 is 5.97 Å². The van der Waals surface area contributed by atoms with Gasteiger partial charge in [0.2, 0.25) is 0 Å². The van der Waals surface area contributed by atoms with E-state index in [-0.39, 0.29) is 18.7 Å². The first-order chi connectivity index (χ1) is 10.3. The number of rotatable bonds is 4. The van der Waals surface area contributed by atoms with Gasteiger partial charge in [0.15, 0.2) is 0 Å². The average Bonchev–Trinajstić information content (AvgIpc) is 3.25. The topological polar surface area (TPSA) is 59.1 Å². The molecule has 1 aliphatic heterocycles. The largest absolute Gasteiger partial charge is 0.462 e. The summed E-state index contributed by atoms with van der Waals surface area (Å²) in [6, 6.07) is 9.35. The van der Waals surface area contributed by atoms with Gasteiger partial charge in [0.05, 0.1) is 18.8 Å². The van der Waals surface area contributed by atoms with Crippen LogP contribution in [0.1, 0.15) is 30.7 Å². The molecule has 2 saturated carbocycles. The van der Waals surface area contributed by atoms with Gasteiger partial charge in [-0.25, -0.2) is 0 Å². The first-order valence-electron chi connectivity index (χ1n) is 7.78. The molecule has 1 aromatic carbocycles. The molecule has 1 saturated heterocycles. The van der Waals surface area contributed by atoms with Crippen molar-refractivity contribution in [1.82, 2.24) is 0 Å². The molecule has 0 radical (unpaired) electrons. The van der Waals surface area contributed by atoms with Crippen LogP contribution in [0.3, 0.4) is 0 Å². The monoisotopic (exact) mass is 288 g/mol. The lowest BCUT2D eigenvalue weighted by Gasteiger charge is -2.30. The van der Waals surface area contributed by atoms with E-state index in [4.69, 9.17) is 9.47 Å². The number of aliphatic hydroxyl groups excluding tert-OH is 1. The standard InChI is InChI=1S/C17H20O4/c18-9-14(10-4-2-1-3-5-10)17(19)20-13-7-11-6-12(8-13)16-15(11)21-16/h1-5,11-16,18H,6-9H2/t11-,12?,13+,14?,15?,16?/m0/s1. The quantitative estimate of drug-likeness (QED) is 0.679. The lowest BCUT2D eigenvalue weighted by Crippen LogP contribution is -2.32. The van der Waals surface area contributed by atoms with Crippen molar-refractivity contribution in [2.45, 2.75) is 43.5 Å². The summed E-state index contributed by atoms with van der Waals surface area (Å²) in [5.74, 6) is 0.257. The summed E-state index contributed by atoms with van der Waals surface area (Å²) in [7, 11) is 0. The molecule has 21 heavy (non-hydrogen) atoms. The molecule has 4 nitrogen and oxygen atoms in total. The van der Waals surface area contributed by atoms with Gasteiger partial charge < -0.3 is 14.6 Å². The third kappa shape index (κ3) is 2.36. The summed E-state index contributed by atoms with van der Waals surface area (Å²) in [4.78, 5) is 12.4. The Labute approximate surface area is 124 Å². The molecule has 1 heterocycles. The number of carbonyl (C=O) groups is 1. The Morgan fingerprint density at radius 1 is 1.19 bits per heavy atom. The van der Waals surface area contributed by atoms with Crippen molar-refractivity contribution in [1.29, 1.82) is 0 Å². The zero-order valence-electron chi connectivity index (χ0n) is 11.9. The molecule has 0 amide bonds. The average molecular weight is 288 g/mol. The van der Waals surface area contributed by atoms with E-state index in [0.717, 1.165) is 18.4 Å².